The number of rotatable bonds is 36. The number of benzene rings is 6. The number of nitrogens with zero attached hydrogens (tertiary/aromatic N) is 2. The van der Waals surface area contributed by atoms with Gasteiger partial charge in [-0.15, -0.1) is 23.2 Å². The highest BCUT2D eigenvalue weighted by molar-refractivity contribution is 8.14. The van der Waals surface area contributed by atoms with E-state index >= 15 is 0 Å². The van der Waals surface area contributed by atoms with Crippen LogP contribution in [0.25, 0.3) is 22.5 Å². The highest BCUT2D eigenvalue weighted by atomic mass is 35.7. The largest absolute Gasteiger partial charge is 0.493 e. The van der Waals surface area contributed by atoms with Gasteiger partial charge in [-0.25, -0.2) is 114 Å². The Hall–Kier alpha value is -10.4. The fourth-order valence-electron chi connectivity index (χ4n) is 10.8. The summed E-state index contributed by atoms with van der Waals surface area (Å²) in [5.41, 5.74) is -3.22. The van der Waals surface area contributed by atoms with Crippen LogP contribution in [-0.4, -0.2) is 190 Å². The molecule has 54 heteroatoms. The molecule has 2 amide bonds. The number of methoxy groups -OCH3 is 4. The molecule has 0 saturated heterocycles. The first-order valence-electron chi connectivity index (χ1n) is 39.3. The number of aromatic nitrogens is 2. The van der Waals surface area contributed by atoms with Crippen molar-refractivity contribution in [2.75, 3.05) is 62.6 Å². The lowest BCUT2D eigenvalue weighted by Gasteiger charge is -2.31. The minimum Gasteiger partial charge on any atom is -0.493 e. The number of carbonyl (C=O) groups excluding carboxylic acids is 4. The number of pyridine rings is 2. The summed E-state index contributed by atoms with van der Waals surface area (Å²) in [6.45, 7) is 20.5. The summed E-state index contributed by atoms with van der Waals surface area (Å²) < 4.78 is 206. The number of ketones is 2. The first kappa shape index (κ1) is 122. The lowest BCUT2D eigenvalue weighted by molar-refractivity contribution is 0.0392. The van der Waals surface area contributed by atoms with Gasteiger partial charge in [-0.05, 0) is 241 Å². The zero-order valence-corrected chi connectivity index (χ0v) is 85.5. The third-order valence-electron chi connectivity index (χ3n) is 17.5. The van der Waals surface area contributed by atoms with Gasteiger partial charge < -0.3 is 78.4 Å². The van der Waals surface area contributed by atoms with Gasteiger partial charge in [0.25, 0.3) is 0 Å². The van der Waals surface area contributed by atoms with Crippen LogP contribution in [0.5, 0.6) is 46.0 Å². The third kappa shape index (κ3) is 44.4. The summed E-state index contributed by atoms with van der Waals surface area (Å²) in [4.78, 5) is 82.4. The summed E-state index contributed by atoms with van der Waals surface area (Å²) in [6.07, 6.45) is -1.66. The van der Waals surface area contributed by atoms with E-state index in [4.69, 9.17) is 125 Å². The predicted molar refractivity (Wildman–Crippen MR) is 510 cm³/mol. The van der Waals surface area contributed by atoms with E-state index < -0.39 is 163 Å². The smallest absolute Gasteiger partial charge is 0.408 e. The van der Waals surface area contributed by atoms with E-state index in [-0.39, 0.29) is 127 Å². The Morgan fingerprint density at radius 3 is 0.855 bits per heavy atom. The van der Waals surface area contributed by atoms with Crippen LogP contribution in [0.3, 0.4) is 0 Å². The Morgan fingerprint density at radius 1 is 0.384 bits per heavy atom. The van der Waals surface area contributed by atoms with Crippen LogP contribution in [0.4, 0.5) is 18.4 Å². The van der Waals surface area contributed by atoms with Crippen molar-refractivity contribution in [3.8, 4) is 68.5 Å². The van der Waals surface area contributed by atoms with Crippen LogP contribution < -0.4 is 74.2 Å². The minimum atomic E-state index is -3.90. The number of carboxylic acids is 2. The van der Waals surface area contributed by atoms with Crippen molar-refractivity contribution in [1.82, 2.24) is 20.6 Å². The number of aliphatic hydroxyl groups is 2. The van der Waals surface area contributed by atoms with Crippen molar-refractivity contribution in [2.24, 2.45) is 25.7 Å². The molecule has 0 aliphatic heterocycles. The molecule has 16 N–H and O–H groups in total. The zero-order chi connectivity index (χ0) is 106. The van der Waals surface area contributed by atoms with Gasteiger partial charge in [0.05, 0.1) is 83.5 Å². The number of carboxylic acid groups (broad SMARTS) is 2. The number of nitrogens with two attached hydrogens (primary N) is 5. The molecule has 2 heterocycles. The lowest BCUT2D eigenvalue weighted by atomic mass is 9.87. The molecule has 0 spiro atoms. The molecular formula is C84H106Cl5F2N9O32S6. The minimum absolute atomic E-state index is 0.00445. The summed E-state index contributed by atoms with van der Waals surface area (Å²) in [5.74, 6) is -6.28. The number of aromatic carboxylic acids is 2. The van der Waals surface area contributed by atoms with E-state index in [0.29, 0.717) is 33.6 Å². The van der Waals surface area contributed by atoms with Gasteiger partial charge in [-0.3, -0.25) is 9.59 Å². The quantitative estimate of drug-likeness (QED) is 0.00987. The number of amides is 2. The SMILES string of the molecule is COc1cc(C(=O)CCC(C)(O)c2cc(C(C)(C)NC(=O)OC(C)(C)C)cc(-c3ccc(F)c(Cl)c3)n2)ccc1OCS(N)(=O)=O.COc1cc(C(=O)CCC(C)(O)c2cc(C(C)(C)NC(=O)OC(C)(C)C)cc(-c3ccc(F)c(Cl)c3)n2)ccc1OCS(N)(=O)=O.COc1cc(C(=O)O)ccc1OCS(N)(=O)=O.COc1cc(C(=O)O)ccc1OCS(N)(=O)=O.NS(=O)(=O)CCl.O=S(=O)(Cl)CCl. The molecule has 8 aromatic rings. The normalized spacial score (nSPS) is 12.7. The maximum Gasteiger partial charge on any atom is 0.408 e. The first-order chi connectivity index (χ1) is 63.0. The highest BCUT2D eigenvalue weighted by Crippen LogP contribution is 2.39. The Kier molecular flexibility index (Phi) is 45.1. The van der Waals surface area contributed by atoms with Gasteiger partial charge in [-0.2, -0.15) is 0 Å². The van der Waals surface area contributed by atoms with E-state index in [1.807, 2.05) is 0 Å². The molecule has 0 saturated carbocycles. The maximum absolute atomic E-state index is 14.0. The second-order valence-corrected chi connectivity index (χ2v) is 45.2. The molecule has 0 radical (unpaired) electrons. The van der Waals surface area contributed by atoms with Gasteiger partial charge in [0.15, 0.2) is 57.6 Å². The summed E-state index contributed by atoms with van der Waals surface area (Å²) >= 11 is 21.6. The number of alkyl carbamates (subject to hydrolysis) is 2. The number of carbonyl (C=O) groups is 6. The number of sulfonamides is 5. The molecule has 41 nitrogen and oxygen atoms in total. The molecule has 0 aliphatic carbocycles. The van der Waals surface area contributed by atoms with Gasteiger partial charge in [-0.1, -0.05) is 23.2 Å². The Bertz CT molecular complexity index is 6040. The van der Waals surface area contributed by atoms with Crippen molar-refractivity contribution in [1.29, 1.82) is 0 Å². The average molecular weight is 2160 g/mol. The van der Waals surface area contributed by atoms with Crippen molar-refractivity contribution in [3.05, 3.63) is 200 Å². The molecule has 8 rings (SSSR count). The number of Topliss-reactive ketones (excluding diaryl/α,β-unsaturated/α-hetero) is 2. The highest BCUT2D eigenvalue weighted by Gasteiger charge is 2.36. The van der Waals surface area contributed by atoms with Crippen LogP contribution in [0, 0.1) is 11.6 Å². The fraction of sp³-hybridized carbons (Fsp3) is 0.381. The van der Waals surface area contributed by atoms with Crippen molar-refractivity contribution in [2.45, 2.75) is 142 Å². The third-order valence-corrected chi connectivity index (χ3v) is 22.9. The summed E-state index contributed by atoms with van der Waals surface area (Å²) in [5, 5.41) is 69.1. The molecular weight excluding hydrogens is 2050 g/mol. The number of hydrogen-bond donors (Lipinski definition) is 11. The molecule has 138 heavy (non-hydrogen) atoms. The van der Waals surface area contributed by atoms with Crippen molar-refractivity contribution in [3.63, 3.8) is 0 Å². The van der Waals surface area contributed by atoms with E-state index in [0.717, 1.165) is 0 Å². The Balaban J connectivity index is 0.000000490. The van der Waals surface area contributed by atoms with E-state index in [9.17, 15) is 98.3 Å². The first-order valence-corrected chi connectivity index (χ1v) is 52.1. The number of alkyl halides is 2. The van der Waals surface area contributed by atoms with Gasteiger partial charge in [0.2, 0.25) is 82.9 Å². The second kappa shape index (κ2) is 51.1. The van der Waals surface area contributed by atoms with Gasteiger partial charge in [0, 0.05) is 45.8 Å². The molecule has 764 valence electrons. The Labute approximate surface area is 821 Å². The van der Waals surface area contributed by atoms with E-state index in [1.54, 1.807) is 93.5 Å². The van der Waals surface area contributed by atoms with E-state index in [1.165, 1.54) is 151 Å². The van der Waals surface area contributed by atoms with Crippen LogP contribution in [0.15, 0.2) is 133 Å². The standard InChI is InChI=1S/2C32H39ClFN3O8S.2C9H11NO6S.CH2Cl2O2S.CH4ClNO2S/c2*1-30(2,3)45-29(39)37-31(4,5)21-16-24(19-8-10-23(34)22(33)14-19)36-28(17-21)32(6,40)13-12-25(38)20-9-11-26(27(15-20)43-7)44-18-46(35,41)42;2*1-15-8-4-6(9(11)12)2-3-7(8)16-5-17(10,13)14;2*2-1-6(3,4)5/h2*8-11,14-17,40H,12-13,18H2,1-7H3,(H,37,39)(H2,35,41,42);2*2-4H,5H2,1H3,(H,11,12)(H2,10,13,14);1H2;1H2,(H2,3,4,5). The fourth-order valence-corrected chi connectivity index (χ4v) is 12.3. The second-order valence-electron chi connectivity index (χ2n) is 32.6. The average Bonchev–Trinajstić information content (AvgIpc) is 0.779. The topological polar surface area (TPSA) is 660 Å². The number of ether oxygens (including phenoxy) is 10. The summed E-state index contributed by atoms with van der Waals surface area (Å²) in [7, 11) is -12.3. The monoisotopic (exact) mass is 2160 g/mol. The van der Waals surface area contributed by atoms with Crippen molar-refractivity contribution < 1.29 is 156 Å². The number of hydrogen-bond acceptors (Lipinski definition) is 32. The van der Waals surface area contributed by atoms with Crippen LogP contribution in [0.1, 0.15) is 173 Å². The number of halogens is 7. The molecule has 2 aromatic heterocycles. The van der Waals surface area contributed by atoms with Gasteiger partial charge in [0.1, 0.15) is 44.5 Å². The molecule has 6 aromatic carbocycles. The maximum atomic E-state index is 14.0. The predicted octanol–water partition coefficient (Wildman–Crippen LogP) is 11.9. The summed E-state index contributed by atoms with van der Waals surface area (Å²) in [6, 6.07) is 30.9. The molecule has 2 atom stereocenters. The molecule has 0 bridgehead atoms. The molecule has 0 aliphatic rings. The lowest BCUT2D eigenvalue weighted by Crippen LogP contribution is -2.44. The van der Waals surface area contributed by atoms with Crippen molar-refractivity contribution >= 4 is 152 Å². The van der Waals surface area contributed by atoms with E-state index in [2.05, 4.69) is 36.4 Å². The van der Waals surface area contributed by atoms with Crippen LogP contribution >= 0.6 is 57.1 Å². The molecule has 2 unspecified atom stereocenters. The number of primary sulfonamides is 5. The Morgan fingerprint density at radius 2 is 0.638 bits per heavy atom. The molecule has 0 fully saturated rings. The van der Waals surface area contributed by atoms with Gasteiger partial charge >= 0.3 is 24.1 Å². The van der Waals surface area contributed by atoms with Crippen LogP contribution in [-0.2, 0) is 90.9 Å². The number of nitrogens with one attached hydrogen (secondary N) is 2. The zero-order valence-electron chi connectivity index (χ0n) is 76.9. The van der Waals surface area contributed by atoms with Crippen LogP contribution in [0.2, 0.25) is 10.0 Å².